The quantitative estimate of drug-likeness (QED) is 0.876. The first-order chi connectivity index (χ1) is 7.78. The van der Waals surface area contributed by atoms with E-state index in [2.05, 4.69) is 49.9 Å². The highest BCUT2D eigenvalue weighted by Gasteiger charge is 2.00. The van der Waals surface area contributed by atoms with Crippen molar-refractivity contribution in [1.82, 2.24) is 19.7 Å². The molecule has 2 aromatic rings. The number of nitrogens with zero attached hydrogens (tertiary/aromatic N) is 4. The molecule has 6 heteroatoms. The monoisotopic (exact) mass is 329 g/mol. The number of anilines is 2. The molecule has 16 heavy (non-hydrogen) atoms. The SMILES string of the molecule is CCCn1cc(Nc2ncc(I)cn2)cn1. The summed E-state index contributed by atoms with van der Waals surface area (Å²) in [6.45, 7) is 3.05. The van der Waals surface area contributed by atoms with Crippen LogP contribution in [0.25, 0.3) is 0 Å². The predicted octanol–water partition coefficient (Wildman–Crippen LogP) is 2.43. The minimum absolute atomic E-state index is 0.594. The van der Waals surface area contributed by atoms with Crippen molar-refractivity contribution in [2.75, 3.05) is 5.32 Å². The Hall–Kier alpha value is -1.18. The lowest BCUT2D eigenvalue weighted by molar-refractivity contribution is 0.603. The number of hydrogen-bond donors (Lipinski definition) is 1. The molecule has 5 nitrogen and oxygen atoms in total. The summed E-state index contributed by atoms with van der Waals surface area (Å²) in [5, 5.41) is 7.32. The van der Waals surface area contributed by atoms with Crippen molar-refractivity contribution in [2.24, 2.45) is 0 Å². The van der Waals surface area contributed by atoms with E-state index in [-0.39, 0.29) is 0 Å². The highest BCUT2D eigenvalue weighted by Crippen LogP contribution is 2.11. The van der Waals surface area contributed by atoms with Crippen molar-refractivity contribution in [2.45, 2.75) is 19.9 Å². The summed E-state index contributed by atoms with van der Waals surface area (Å²) < 4.78 is 2.92. The fraction of sp³-hybridized carbons (Fsp3) is 0.300. The average molecular weight is 329 g/mol. The Morgan fingerprint density at radius 2 is 2.06 bits per heavy atom. The maximum absolute atomic E-state index is 4.22. The molecule has 2 heterocycles. The van der Waals surface area contributed by atoms with Gasteiger partial charge in [-0.3, -0.25) is 4.68 Å². The summed E-state index contributed by atoms with van der Waals surface area (Å²) in [7, 11) is 0. The number of nitrogens with one attached hydrogen (secondary N) is 1. The normalized spacial score (nSPS) is 10.4. The van der Waals surface area contributed by atoms with Crippen LogP contribution in [-0.2, 0) is 6.54 Å². The van der Waals surface area contributed by atoms with Crippen molar-refractivity contribution in [3.63, 3.8) is 0 Å². The molecule has 0 aromatic carbocycles. The lowest BCUT2D eigenvalue weighted by atomic mass is 10.5. The van der Waals surface area contributed by atoms with Gasteiger partial charge in [0, 0.05) is 28.7 Å². The fourth-order valence-electron chi connectivity index (χ4n) is 1.29. The van der Waals surface area contributed by atoms with E-state index in [9.17, 15) is 0 Å². The highest BCUT2D eigenvalue weighted by molar-refractivity contribution is 14.1. The van der Waals surface area contributed by atoms with E-state index < -0.39 is 0 Å². The van der Waals surface area contributed by atoms with Gasteiger partial charge in [0.2, 0.25) is 5.95 Å². The zero-order chi connectivity index (χ0) is 11.4. The Morgan fingerprint density at radius 1 is 1.31 bits per heavy atom. The number of aromatic nitrogens is 4. The first-order valence-electron chi connectivity index (χ1n) is 5.05. The van der Waals surface area contributed by atoms with E-state index in [1.165, 1.54) is 0 Å². The van der Waals surface area contributed by atoms with E-state index in [0.29, 0.717) is 5.95 Å². The Morgan fingerprint density at radius 3 is 2.75 bits per heavy atom. The first kappa shape index (κ1) is 11.3. The van der Waals surface area contributed by atoms with Crippen LogP contribution in [0.1, 0.15) is 13.3 Å². The molecule has 0 atom stereocenters. The van der Waals surface area contributed by atoms with Crippen LogP contribution in [0.3, 0.4) is 0 Å². The number of hydrogen-bond acceptors (Lipinski definition) is 4. The second-order valence-electron chi connectivity index (χ2n) is 3.34. The zero-order valence-electron chi connectivity index (χ0n) is 8.89. The standard InChI is InChI=1S/C10H12IN5/c1-2-3-16-7-9(6-14-16)15-10-12-4-8(11)5-13-10/h4-7H,2-3H2,1H3,(H,12,13,15). The summed E-state index contributed by atoms with van der Waals surface area (Å²) in [6.07, 6.45) is 8.34. The molecule has 0 saturated carbocycles. The lowest BCUT2D eigenvalue weighted by Gasteiger charge is -2.00. The van der Waals surface area contributed by atoms with E-state index in [1.54, 1.807) is 18.6 Å². The molecule has 0 unspecified atom stereocenters. The minimum Gasteiger partial charge on any atom is -0.321 e. The Balaban J connectivity index is 2.05. The van der Waals surface area contributed by atoms with Crippen LogP contribution in [0.5, 0.6) is 0 Å². The lowest BCUT2D eigenvalue weighted by Crippen LogP contribution is -1.97. The molecule has 84 valence electrons. The van der Waals surface area contributed by atoms with Gasteiger partial charge in [-0.05, 0) is 29.0 Å². The summed E-state index contributed by atoms with van der Waals surface area (Å²) in [5.41, 5.74) is 0.912. The van der Waals surface area contributed by atoms with Crippen molar-refractivity contribution in [3.8, 4) is 0 Å². The number of halogens is 1. The Bertz CT molecular complexity index is 450. The van der Waals surface area contributed by atoms with Gasteiger partial charge in [0.05, 0.1) is 11.9 Å². The van der Waals surface area contributed by atoms with Gasteiger partial charge < -0.3 is 5.32 Å². The molecule has 2 aromatic heterocycles. The smallest absolute Gasteiger partial charge is 0.227 e. The van der Waals surface area contributed by atoms with Crippen molar-refractivity contribution in [3.05, 3.63) is 28.4 Å². The van der Waals surface area contributed by atoms with Gasteiger partial charge in [0.25, 0.3) is 0 Å². The van der Waals surface area contributed by atoms with Gasteiger partial charge in [0.1, 0.15) is 0 Å². The molecule has 0 radical (unpaired) electrons. The molecule has 0 spiro atoms. The fourth-order valence-corrected chi connectivity index (χ4v) is 1.56. The van der Waals surface area contributed by atoms with E-state index >= 15 is 0 Å². The molecule has 0 saturated heterocycles. The Kier molecular flexibility index (Phi) is 3.70. The zero-order valence-corrected chi connectivity index (χ0v) is 11.0. The summed E-state index contributed by atoms with van der Waals surface area (Å²) >= 11 is 2.17. The molecule has 1 N–H and O–H groups in total. The molecular weight excluding hydrogens is 317 g/mol. The first-order valence-corrected chi connectivity index (χ1v) is 6.13. The van der Waals surface area contributed by atoms with Crippen LogP contribution in [0, 0.1) is 3.57 Å². The van der Waals surface area contributed by atoms with Gasteiger partial charge >= 0.3 is 0 Å². The molecule has 0 aliphatic rings. The van der Waals surface area contributed by atoms with Crippen LogP contribution in [0.2, 0.25) is 0 Å². The van der Waals surface area contributed by atoms with Crippen LogP contribution in [-0.4, -0.2) is 19.7 Å². The van der Waals surface area contributed by atoms with Crippen LogP contribution >= 0.6 is 22.6 Å². The van der Waals surface area contributed by atoms with Gasteiger partial charge in [-0.1, -0.05) is 6.92 Å². The van der Waals surface area contributed by atoms with Crippen LogP contribution in [0.15, 0.2) is 24.8 Å². The molecule has 0 fully saturated rings. The third-order valence-corrected chi connectivity index (χ3v) is 2.52. The van der Waals surface area contributed by atoms with Crippen molar-refractivity contribution >= 4 is 34.2 Å². The third-order valence-electron chi connectivity index (χ3n) is 1.96. The van der Waals surface area contributed by atoms with Crippen LogP contribution < -0.4 is 5.32 Å². The minimum atomic E-state index is 0.594. The topological polar surface area (TPSA) is 55.6 Å². The maximum atomic E-state index is 4.22. The van der Waals surface area contributed by atoms with E-state index in [0.717, 1.165) is 22.2 Å². The van der Waals surface area contributed by atoms with Gasteiger partial charge in [-0.25, -0.2) is 9.97 Å². The van der Waals surface area contributed by atoms with E-state index in [4.69, 9.17) is 0 Å². The second kappa shape index (κ2) is 5.24. The Labute approximate surface area is 107 Å². The molecular formula is C10H12IN5. The molecule has 0 amide bonds. The molecule has 0 aliphatic heterocycles. The summed E-state index contributed by atoms with van der Waals surface area (Å²) in [5.74, 6) is 0.594. The van der Waals surface area contributed by atoms with Crippen molar-refractivity contribution in [1.29, 1.82) is 0 Å². The summed E-state index contributed by atoms with van der Waals surface area (Å²) in [4.78, 5) is 8.32. The predicted molar refractivity (Wildman–Crippen MR) is 70.5 cm³/mol. The van der Waals surface area contributed by atoms with Gasteiger partial charge in [-0.2, -0.15) is 5.10 Å². The third kappa shape index (κ3) is 2.91. The van der Waals surface area contributed by atoms with Gasteiger partial charge in [-0.15, -0.1) is 0 Å². The average Bonchev–Trinajstić information content (AvgIpc) is 2.70. The van der Waals surface area contributed by atoms with Crippen LogP contribution in [0.4, 0.5) is 11.6 Å². The largest absolute Gasteiger partial charge is 0.321 e. The van der Waals surface area contributed by atoms with Gasteiger partial charge in [0.15, 0.2) is 0 Å². The molecule has 0 bridgehead atoms. The number of aryl methyl sites for hydroxylation is 1. The van der Waals surface area contributed by atoms with Crippen molar-refractivity contribution < 1.29 is 0 Å². The van der Waals surface area contributed by atoms with E-state index in [1.807, 2.05) is 10.9 Å². The number of rotatable bonds is 4. The second-order valence-corrected chi connectivity index (χ2v) is 4.59. The maximum Gasteiger partial charge on any atom is 0.227 e. The highest BCUT2D eigenvalue weighted by atomic mass is 127. The summed E-state index contributed by atoms with van der Waals surface area (Å²) in [6, 6.07) is 0. The molecule has 0 aliphatic carbocycles. The molecule has 2 rings (SSSR count).